The number of rotatable bonds is 8. The second-order valence-corrected chi connectivity index (χ2v) is 11.1. The summed E-state index contributed by atoms with van der Waals surface area (Å²) in [5.74, 6) is 0.907. The molecular weight excluding hydrogens is 451 g/mol. The van der Waals surface area contributed by atoms with Crippen molar-refractivity contribution in [3.05, 3.63) is 23.8 Å². The van der Waals surface area contributed by atoms with E-state index in [0.717, 1.165) is 6.42 Å². The molecule has 2 bridgehead atoms. The van der Waals surface area contributed by atoms with Gasteiger partial charge in [-0.05, 0) is 42.9 Å². The number of amides is 1. The number of hydrogen-bond donors (Lipinski definition) is 5. The quantitative estimate of drug-likeness (QED) is 0.323. The third kappa shape index (κ3) is 4.60. The lowest BCUT2D eigenvalue weighted by molar-refractivity contribution is -0.183. The molecule has 5 rings (SSSR count). The fourth-order valence-corrected chi connectivity index (χ4v) is 6.83. The minimum Gasteiger partial charge on any atom is -0.497 e. The first-order chi connectivity index (χ1) is 16.5. The number of hydroxylamine groups is 2. The van der Waals surface area contributed by atoms with Crippen molar-refractivity contribution in [3.63, 3.8) is 0 Å². The number of methoxy groups -OCH3 is 1. The van der Waals surface area contributed by atoms with E-state index in [1.807, 2.05) is 0 Å². The van der Waals surface area contributed by atoms with Crippen LogP contribution < -0.4 is 15.5 Å². The summed E-state index contributed by atoms with van der Waals surface area (Å²) in [6, 6.07) is 4.19. The Hall–Kier alpha value is -1.69. The lowest BCUT2D eigenvalue weighted by Gasteiger charge is -2.62. The van der Waals surface area contributed by atoms with Crippen LogP contribution in [0.4, 0.5) is 0 Å². The second-order valence-electron chi connectivity index (χ2n) is 11.1. The van der Waals surface area contributed by atoms with Crippen LogP contribution in [-0.2, 0) is 16.2 Å². The Balaban J connectivity index is 1.59. The zero-order chi connectivity index (χ0) is 25.7. The van der Waals surface area contributed by atoms with E-state index in [1.165, 1.54) is 18.6 Å². The summed E-state index contributed by atoms with van der Waals surface area (Å²) in [5.41, 5.74) is 1.09. The Morgan fingerprint density at radius 1 is 1.34 bits per heavy atom. The molecule has 194 valence electrons. The number of aliphatic hydroxyl groups excluding tert-OH is 2. The Labute approximate surface area is 207 Å². The number of hydrogen-bond acceptors (Lipinski definition) is 8. The molecule has 1 aromatic rings. The molecule has 3 saturated carbocycles. The standard InChI is InChI=1S/C25H39BN2O7/c1-13-17-9-16(25(17,3)4)10-19(13)27-24(31)22-21(14(2)30)20(12-29)35-28(22)11-15-7-6-8-18(26(32)33)23(15)34-5/h6-8,13-14,16-17,19-22,29-30,32-33H,9-12H2,1-5H3,(H,27,31)/t13-,14-,16-,17+,19-,20-,21+,22?/m0/s1. The Kier molecular flexibility index (Phi) is 7.53. The molecule has 8 atom stereocenters. The topological polar surface area (TPSA) is 132 Å². The monoisotopic (exact) mass is 490 g/mol. The fraction of sp³-hybridized carbons (Fsp3) is 0.720. The zero-order valence-corrected chi connectivity index (χ0v) is 21.2. The maximum absolute atomic E-state index is 13.7. The van der Waals surface area contributed by atoms with Crippen LogP contribution in [0.1, 0.15) is 46.1 Å². The van der Waals surface area contributed by atoms with Gasteiger partial charge in [-0.2, -0.15) is 5.06 Å². The predicted octanol–water partition coefficient (Wildman–Crippen LogP) is 0.0356. The van der Waals surface area contributed by atoms with Gasteiger partial charge in [0.15, 0.2) is 0 Å². The van der Waals surface area contributed by atoms with Crippen molar-refractivity contribution >= 4 is 18.5 Å². The number of carbonyl (C=O) groups excluding carboxylic acids is 1. The molecule has 5 N–H and O–H groups in total. The molecule has 1 heterocycles. The van der Waals surface area contributed by atoms with Crippen molar-refractivity contribution in [2.24, 2.45) is 29.1 Å². The molecule has 0 aromatic heterocycles. The average Bonchev–Trinajstić information content (AvgIpc) is 3.18. The van der Waals surface area contributed by atoms with E-state index in [-0.39, 0.29) is 36.3 Å². The summed E-state index contributed by atoms with van der Waals surface area (Å²) >= 11 is 0. The maximum Gasteiger partial charge on any atom is 0.492 e. The predicted molar refractivity (Wildman–Crippen MR) is 130 cm³/mol. The molecule has 9 nitrogen and oxygen atoms in total. The van der Waals surface area contributed by atoms with Crippen molar-refractivity contribution in [2.75, 3.05) is 13.7 Å². The molecule has 1 aromatic carbocycles. The first-order valence-corrected chi connectivity index (χ1v) is 12.6. The minimum atomic E-state index is -1.72. The normalized spacial score (nSPS) is 34.7. The zero-order valence-electron chi connectivity index (χ0n) is 21.2. The van der Waals surface area contributed by atoms with E-state index in [2.05, 4.69) is 26.1 Å². The first kappa shape index (κ1) is 26.4. The highest BCUT2D eigenvalue weighted by Gasteiger charge is 2.57. The van der Waals surface area contributed by atoms with Crippen LogP contribution >= 0.6 is 0 Å². The van der Waals surface area contributed by atoms with Crippen LogP contribution in [-0.4, -0.2) is 76.4 Å². The Bertz CT molecular complexity index is 927. The van der Waals surface area contributed by atoms with E-state index < -0.39 is 31.3 Å². The molecule has 1 saturated heterocycles. The summed E-state index contributed by atoms with van der Waals surface area (Å²) in [4.78, 5) is 19.7. The Morgan fingerprint density at radius 2 is 2.06 bits per heavy atom. The SMILES string of the molecule is COc1c(CN2O[C@@H](CO)[C@@H]([C@H](C)O)C2C(=O)N[C@H]2C[C@@H]3C[C@H]([C@@H]2C)C3(C)C)cccc1B(O)O. The molecule has 4 fully saturated rings. The van der Waals surface area contributed by atoms with Crippen LogP contribution in [0.5, 0.6) is 5.75 Å². The van der Waals surface area contributed by atoms with E-state index in [4.69, 9.17) is 9.57 Å². The molecule has 3 aliphatic carbocycles. The number of nitrogens with zero attached hydrogens (tertiary/aromatic N) is 1. The van der Waals surface area contributed by atoms with E-state index in [0.29, 0.717) is 28.7 Å². The van der Waals surface area contributed by atoms with Gasteiger partial charge in [0.1, 0.15) is 17.9 Å². The largest absolute Gasteiger partial charge is 0.497 e. The van der Waals surface area contributed by atoms with E-state index in [1.54, 1.807) is 25.1 Å². The van der Waals surface area contributed by atoms with Crippen molar-refractivity contribution in [2.45, 2.75) is 71.4 Å². The maximum atomic E-state index is 13.7. The molecule has 10 heteroatoms. The van der Waals surface area contributed by atoms with Crippen LogP contribution in [0.15, 0.2) is 18.2 Å². The average molecular weight is 490 g/mol. The van der Waals surface area contributed by atoms with E-state index in [9.17, 15) is 25.1 Å². The van der Waals surface area contributed by atoms with Crippen molar-refractivity contribution in [1.82, 2.24) is 10.4 Å². The van der Waals surface area contributed by atoms with Gasteiger partial charge in [0.05, 0.1) is 26.4 Å². The highest BCUT2D eigenvalue weighted by atomic mass is 16.7. The van der Waals surface area contributed by atoms with Gasteiger partial charge in [-0.3, -0.25) is 9.63 Å². The summed E-state index contributed by atoms with van der Waals surface area (Å²) in [6.07, 6.45) is 0.488. The summed E-state index contributed by atoms with van der Waals surface area (Å²) in [7, 11) is -0.283. The number of ether oxygens (including phenoxy) is 1. The molecule has 1 unspecified atom stereocenters. The Morgan fingerprint density at radius 3 is 2.60 bits per heavy atom. The first-order valence-electron chi connectivity index (χ1n) is 12.6. The van der Waals surface area contributed by atoms with Crippen LogP contribution in [0, 0.1) is 29.1 Å². The summed E-state index contributed by atoms with van der Waals surface area (Å²) in [5, 5.41) is 44.7. The third-order valence-electron chi connectivity index (χ3n) is 9.00. The third-order valence-corrected chi connectivity index (χ3v) is 9.00. The van der Waals surface area contributed by atoms with Crippen LogP contribution in [0.25, 0.3) is 0 Å². The highest BCUT2D eigenvalue weighted by Crippen LogP contribution is 2.61. The van der Waals surface area contributed by atoms with Gasteiger partial charge in [0, 0.05) is 23.0 Å². The summed E-state index contributed by atoms with van der Waals surface area (Å²) in [6.45, 7) is 8.18. The number of aliphatic hydroxyl groups is 2. The molecule has 0 radical (unpaired) electrons. The van der Waals surface area contributed by atoms with Gasteiger partial charge in [-0.1, -0.05) is 39.0 Å². The molecule has 1 amide bonds. The number of para-hydroxylation sites is 1. The lowest BCUT2D eigenvalue weighted by Crippen LogP contribution is -2.62. The minimum absolute atomic E-state index is 0.0475. The van der Waals surface area contributed by atoms with Gasteiger partial charge in [0.2, 0.25) is 5.91 Å². The highest BCUT2D eigenvalue weighted by molar-refractivity contribution is 6.59. The lowest BCUT2D eigenvalue weighted by atomic mass is 9.45. The molecule has 4 aliphatic rings. The fourth-order valence-electron chi connectivity index (χ4n) is 6.83. The van der Waals surface area contributed by atoms with E-state index >= 15 is 0 Å². The van der Waals surface area contributed by atoms with Gasteiger partial charge in [0.25, 0.3) is 0 Å². The summed E-state index contributed by atoms with van der Waals surface area (Å²) < 4.78 is 5.44. The molecular formula is C25H39BN2O7. The molecule has 1 aliphatic heterocycles. The molecule has 35 heavy (non-hydrogen) atoms. The van der Waals surface area contributed by atoms with Gasteiger partial charge < -0.3 is 30.3 Å². The van der Waals surface area contributed by atoms with Crippen molar-refractivity contribution in [1.29, 1.82) is 0 Å². The van der Waals surface area contributed by atoms with Crippen molar-refractivity contribution < 1.29 is 34.6 Å². The van der Waals surface area contributed by atoms with Crippen LogP contribution in [0.2, 0.25) is 0 Å². The van der Waals surface area contributed by atoms with Crippen LogP contribution in [0.3, 0.4) is 0 Å². The number of benzene rings is 1. The van der Waals surface area contributed by atoms with Gasteiger partial charge in [-0.15, -0.1) is 0 Å². The number of carbonyl (C=O) groups is 1. The smallest absolute Gasteiger partial charge is 0.492 e. The molecule has 0 spiro atoms. The van der Waals surface area contributed by atoms with Gasteiger partial charge in [-0.25, -0.2) is 0 Å². The number of fused-ring (bicyclic) bond motifs is 2. The second kappa shape index (κ2) is 9.99. The van der Waals surface area contributed by atoms with Gasteiger partial charge >= 0.3 is 7.12 Å². The number of nitrogens with one attached hydrogen (secondary N) is 1. The van der Waals surface area contributed by atoms with Crippen molar-refractivity contribution in [3.8, 4) is 5.75 Å².